The largest absolute Gasteiger partial charge is 0.496 e. The van der Waals surface area contributed by atoms with E-state index in [-0.39, 0.29) is 6.61 Å². The van der Waals surface area contributed by atoms with Crippen LogP contribution in [0.5, 0.6) is 11.5 Å². The van der Waals surface area contributed by atoms with Crippen molar-refractivity contribution in [2.24, 2.45) is 0 Å². The molecule has 1 aromatic carbocycles. The number of ether oxygens (including phenoxy) is 2. The first-order chi connectivity index (χ1) is 6.65. The molecular formula is C10H13ClO3. The lowest BCUT2D eigenvalue weighted by Gasteiger charge is -2.13. The molecule has 1 aromatic rings. The predicted molar refractivity (Wildman–Crippen MR) is 55.2 cm³/mol. The monoisotopic (exact) mass is 216 g/mol. The van der Waals surface area contributed by atoms with Crippen LogP contribution in [-0.4, -0.2) is 19.3 Å². The highest BCUT2D eigenvalue weighted by molar-refractivity contribution is 6.33. The SMILES string of the molecule is COc1cc(OC)c(Cl)c(CO)c1C. The number of aliphatic hydroxyl groups excluding tert-OH is 1. The van der Waals surface area contributed by atoms with Crippen molar-refractivity contribution in [3.05, 3.63) is 22.2 Å². The van der Waals surface area contributed by atoms with Crippen LogP contribution in [0.4, 0.5) is 0 Å². The molecule has 4 heteroatoms. The van der Waals surface area contributed by atoms with Gasteiger partial charge in [0.15, 0.2) is 0 Å². The van der Waals surface area contributed by atoms with Gasteiger partial charge in [-0.25, -0.2) is 0 Å². The molecule has 0 bridgehead atoms. The summed E-state index contributed by atoms with van der Waals surface area (Å²) in [5.41, 5.74) is 1.48. The van der Waals surface area contributed by atoms with E-state index < -0.39 is 0 Å². The predicted octanol–water partition coefficient (Wildman–Crippen LogP) is 2.16. The highest BCUT2D eigenvalue weighted by atomic mass is 35.5. The fourth-order valence-corrected chi connectivity index (χ4v) is 1.63. The normalized spacial score (nSPS) is 10.1. The second-order valence-corrected chi connectivity index (χ2v) is 3.23. The number of hydrogen-bond acceptors (Lipinski definition) is 3. The smallest absolute Gasteiger partial charge is 0.141 e. The van der Waals surface area contributed by atoms with Gasteiger partial charge in [0, 0.05) is 11.6 Å². The van der Waals surface area contributed by atoms with Crippen molar-refractivity contribution in [3.8, 4) is 11.5 Å². The van der Waals surface area contributed by atoms with Crippen molar-refractivity contribution in [2.75, 3.05) is 14.2 Å². The average molecular weight is 217 g/mol. The first-order valence-electron chi connectivity index (χ1n) is 4.16. The Kier molecular flexibility index (Phi) is 3.61. The molecular weight excluding hydrogens is 204 g/mol. The topological polar surface area (TPSA) is 38.7 Å². The van der Waals surface area contributed by atoms with Gasteiger partial charge in [-0.1, -0.05) is 11.6 Å². The summed E-state index contributed by atoms with van der Waals surface area (Å²) in [4.78, 5) is 0. The minimum absolute atomic E-state index is 0.127. The number of aliphatic hydroxyl groups is 1. The van der Waals surface area contributed by atoms with Gasteiger partial charge in [0.1, 0.15) is 11.5 Å². The zero-order valence-corrected chi connectivity index (χ0v) is 9.18. The van der Waals surface area contributed by atoms with Crippen LogP contribution in [0, 0.1) is 6.92 Å². The van der Waals surface area contributed by atoms with Crippen LogP contribution in [0.15, 0.2) is 6.07 Å². The van der Waals surface area contributed by atoms with Crippen molar-refractivity contribution in [2.45, 2.75) is 13.5 Å². The van der Waals surface area contributed by atoms with Gasteiger partial charge < -0.3 is 14.6 Å². The van der Waals surface area contributed by atoms with Gasteiger partial charge in [-0.3, -0.25) is 0 Å². The van der Waals surface area contributed by atoms with Crippen LogP contribution >= 0.6 is 11.6 Å². The molecule has 0 saturated carbocycles. The van der Waals surface area contributed by atoms with Gasteiger partial charge in [0.05, 0.1) is 25.8 Å². The van der Waals surface area contributed by atoms with E-state index in [0.717, 1.165) is 5.56 Å². The Balaban J connectivity index is 3.39. The maximum atomic E-state index is 9.14. The minimum atomic E-state index is -0.127. The lowest BCUT2D eigenvalue weighted by molar-refractivity contribution is 0.279. The van der Waals surface area contributed by atoms with E-state index in [9.17, 15) is 0 Å². The van der Waals surface area contributed by atoms with E-state index in [1.54, 1.807) is 13.2 Å². The number of halogens is 1. The van der Waals surface area contributed by atoms with E-state index in [0.29, 0.717) is 22.1 Å². The summed E-state index contributed by atoms with van der Waals surface area (Å²) in [6.07, 6.45) is 0. The molecule has 14 heavy (non-hydrogen) atoms. The molecule has 0 saturated heterocycles. The van der Waals surface area contributed by atoms with Crippen molar-refractivity contribution >= 4 is 11.6 Å². The first kappa shape index (κ1) is 11.1. The summed E-state index contributed by atoms with van der Waals surface area (Å²) in [7, 11) is 3.09. The van der Waals surface area contributed by atoms with Gasteiger partial charge in [0.2, 0.25) is 0 Å². The van der Waals surface area contributed by atoms with Gasteiger partial charge in [-0.15, -0.1) is 0 Å². The number of methoxy groups -OCH3 is 2. The zero-order chi connectivity index (χ0) is 10.7. The van der Waals surface area contributed by atoms with E-state index in [1.165, 1.54) is 7.11 Å². The molecule has 0 aliphatic rings. The quantitative estimate of drug-likeness (QED) is 0.842. The number of hydrogen-bond donors (Lipinski definition) is 1. The molecule has 0 aliphatic carbocycles. The molecule has 0 fully saturated rings. The maximum Gasteiger partial charge on any atom is 0.141 e. The minimum Gasteiger partial charge on any atom is -0.496 e. The molecule has 0 radical (unpaired) electrons. The van der Waals surface area contributed by atoms with Crippen LogP contribution in [-0.2, 0) is 6.61 Å². The van der Waals surface area contributed by atoms with Crippen LogP contribution in [0.2, 0.25) is 5.02 Å². The first-order valence-corrected chi connectivity index (χ1v) is 4.54. The molecule has 3 nitrogen and oxygen atoms in total. The van der Waals surface area contributed by atoms with Gasteiger partial charge in [-0.2, -0.15) is 0 Å². The van der Waals surface area contributed by atoms with Crippen LogP contribution in [0.3, 0.4) is 0 Å². The molecule has 1 N–H and O–H groups in total. The van der Waals surface area contributed by atoms with E-state index in [4.69, 9.17) is 26.2 Å². The van der Waals surface area contributed by atoms with Crippen molar-refractivity contribution in [1.29, 1.82) is 0 Å². The lowest BCUT2D eigenvalue weighted by atomic mass is 10.1. The fraction of sp³-hybridized carbons (Fsp3) is 0.400. The summed E-state index contributed by atoms with van der Waals surface area (Å²) < 4.78 is 10.2. The van der Waals surface area contributed by atoms with E-state index >= 15 is 0 Å². The number of benzene rings is 1. The van der Waals surface area contributed by atoms with E-state index in [1.807, 2.05) is 6.92 Å². The summed E-state index contributed by atoms with van der Waals surface area (Å²) in [6, 6.07) is 1.71. The van der Waals surface area contributed by atoms with Crippen LogP contribution in [0.1, 0.15) is 11.1 Å². The summed E-state index contributed by atoms with van der Waals surface area (Å²) >= 11 is 6.00. The molecule has 0 unspecified atom stereocenters. The molecule has 78 valence electrons. The van der Waals surface area contributed by atoms with Gasteiger partial charge in [-0.05, 0) is 12.5 Å². The molecule has 0 aromatic heterocycles. The standard InChI is InChI=1S/C10H13ClO3/c1-6-7(5-12)10(11)9(14-3)4-8(6)13-2/h4,12H,5H2,1-3H3. The van der Waals surface area contributed by atoms with Gasteiger partial charge in [0.25, 0.3) is 0 Å². The Hall–Kier alpha value is -0.930. The number of rotatable bonds is 3. The van der Waals surface area contributed by atoms with Crippen molar-refractivity contribution in [1.82, 2.24) is 0 Å². The molecule has 0 atom stereocenters. The van der Waals surface area contributed by atoms with E-state index in [2.05, 4.69) is 0 Å². The fourth-order valence-electron chi connectivity index (χ4n) is 1.30. The maximum absolute atomic E-state index is 9.14. The Morgan fingerprint density at radius 1 is 1.29 bits per heavy atom. The molecule has 0 spiro atoms. The third-order valence-corrected chi connectivity index (χ3v) is 2.58. The second-order valence-electron chi connectivity index (χ2n) is 2.86. The van der Waals surface area contributed by atoms with Crippen LogP contribution < -0.4 is 9.47 Å². The van der Waals surface area contributed by atoms with Gasteiger partial charge >= 0.3 is 0 Å². The third kappa shape index (κ3) is 1.79. The Labute approximate surface area is 88.2 Å². The lowest BCUT2D eigenvalue weighted by Crippen LogP contribution is -1.98. The van der Waals surface area contributed by atoms with Crippen molar-refractivity contribution in [3.63, 3.8) is 0 Å². The summed E-state index contributed by atoms with van der Waals surface area (Å²) in [5.74, 6) is 1.17. The molecule has 0 amide bonds. The molecule has 0 heterocycles. The summed E-state index contributed by atoms with van der Waals surface area (Å²) in [6.45, 7) is 1.72. The Morgan fingerprint density at radius 2 is 1.86 bits per heavy atom. The Morgan fingerprint density at radius 3 is 2.29 bits per heavy atom. The molecule has 1 rings (SSSR count). The average Bonchev–Trinajstić information content (AvgIpc) is 2.19. The van der Waals surface area contributed by atoms with Crippen LogP contribution in [0.25, 0.3) is 0 Å². The summed E-state index contributed by atoms with van der Waals surface area (Å²) in [5, 5.41) is 9.58. The van der Waals surface area contributed by atoms with Crippen molar-refractivity contribution < 1.29 is 14.6 Å². The molecule has 0 aliphatic heterocycles. The third-order valence-electron chi connectivity index (χ3n) is 2.16. The highest BCUT2D eigenvalue weighted by Gasteiger charge is 2.14. The second kappa shape index (κ2) is 4.53. The highest BCUT2D eigenvalue weighted by Crippen LogP contribution is 2.36. The Bertz CT molecular complexity index is 308. The zero-order valence-electron chi connectivity index (χ0n) is 8.43.